The van der Waals surface area contributed by atoms with Crippen molar-refractivity contribution in [2.24, 2.45) is 0 Å². The van der Waals surface area contributed by atoms with Crippen LogP contribution in [0.15, 0.2) is 60.7 Å². The van der Waals surface area contributed by atoms with Crippen molar-refractivity contribution in [1.82, 2.24) is 4.90 Å². The van der Waals surface area contributed by atoms with E-state index in [1.165, 1.54) is 17.5 Å². The van der Waals surface area contributed by atoms with Gasteiger partial charge in [-0.05, 0) is 37.6 Å². The molecule has 0 radical (unpaired) electrons. The van der Waals surface area contributed by atoms with E-state index in [-0.39, 0.29) is 6.10 Å². The minimum absolute atomic E-state index is 0.282. The average molecular weight is 295 g/mol. The summed E-state index contributed by atoms with van der Waals surface area (Å²) in [6, 6.07) is 22.1. The van der Waals surface area contributed by atoms with Gasteiger partial charge in [0.15, 0.2) is 0 Å². The zero-order valence-electron chi connectivity index (χ0n) is 13.5. The van der Waals surface area contributed by atoms with Gasteiger partial charge in [0.2, 0.25) is 0 Å². The molecule has 0 bridgehead atoms. The first-order chi connectivity index (χ1) is 10.8. The first-order valence-electron chi connectivity index (χ1n) is 8.14. The van der Waals surface area contributed by atoms with E-state index >= 15 is 0 Å². The number of nitrogens with zero attached hydrogens (tertiary/aromatic N) is 1. The van der Waals surface area contributed by atoms with Crippen molar-refractivity contribution in [2.45, 2.75) is 30.9 Å². The van der Waals surface area contributed by atoms with Crippen molar-refractivity contribution in [2.75, 3.05) is 20.7 Å². The summed E-state index contributed by atoms with van der Waals surface area (Å²) in [7, 11) is 4.08. The van der Waals surface area contributed by atoms with Gasteiger partial charge in [-0.3, -0.25) is 4.90 Å². The van der Waals surface area contributed by atoms with E-state index in [1.807, 2.05) is 7.11 Å². The highest BCUT2D eigenvalue weighted by Gasteiger charge is 2.37. The van der Waals surface area contributed by atoms with Crippen LogP contribution in [0.2, 0.25) is 0 Å². The predicted octanol–water partition coefficient (Wildman–Crippen LogP) is 3.93. The Kier molecular flexibility index (Phi) is 4.91. The van der Waals surface area contributed by atoms with Crippen LogP contribution in [-0.4, -0.2) is 37.7 Å². The normalized spacial score (nSPS) is 22.9. The van der Waals surface area contributed by atoms with E-state index in [0.29, 0.717) is 12.0 Å². The first-order valence-corrected chi connectivity index (χ1v) is 8.14. The number of likely N-dealkylation sites (tertiary alicyclic amines) is 1. The quantitative estimate of drug-likeness (QED) is 0.847. The Labute approximate surface area is 133 Å². The molecule has 1 heterocycles. The highest BCUT2D eigenvalue weighted by molar-refractivity contribution is 5.35. The second-order valence-corrected chi connectivity index (χ2v) is 6.19. The molecule has 0 aliphatic carbocycles. The second-order valence-electron chi connectivity index (χ2n) is 6.19. The fraction of sp³-hybridized carbons (Fsp3) is 0.400. The maximum Gasteiger partial charge on any atom is 0.0736 e. The average Bonchev–Trinajstić information content (AvgIpc) is 2.58. The Balaban J connectivity index is 2.04. The predicted molar refractivity (Wildman–Crippen MR) is 91.2 cm³/mol. The number of likely N-dealkylation sites (N-methyl/N-ethyl adjacent to an activating group) is 1. The van der Waals surface area contributed by atoms with Crippen molar-refractivity contribution >= 4 is 0 Å². The van der Waals surface area contributed by atoms with Crippen molar-refractivity contribution in [3.63, 3.8) is 0 Å². The summed E-state index contributed by atoms with van der Waals surface area (Å²) in [4.78, 5) is 2.47. The van der Waals surface area contributed by atoms with Gasteiger partial charge in [0, 0.05) is 19.1 Å². The molecule has 1 saturated heterocycles. The molecule has 2 heteroatoms. The van der Waals surface area contributed by atoms with Crippen LogP contribution in [-0.2, 0) is 4.74 Å². The molecule has 2 atom stereocenters. The molecule has 116 valence electrons. The molecule has 0 amide bonds. The standard InChI is InChI=1S/C20H25NO/c1-21-15-9-14-18(22-2)20(21)19(16-10-5-3-6-11-16)17-12-7-4-8-13-17/h3-8,10-13,18-20H,9,14-15H2,1-2H3/t18-,20+/m0/s1. The summed E-state index contributed by atoms with van der Waals surface area (Å²) in [5.74, 6) is 0.345. The zero-order chi connectivity index (χ0) is 15.4. The molecule has 1 fully saturated rings. The lowest BCUT2D eigenvalue weighted by Crippen LogP contribution is -2.50. The van der Waals surface area contributed by atoms with E-state index < -0.39 is 0 Å². The Hall–Kier alpha value is -1.64. The summed E-state index contributed by atoms with van der Waals surface area (Å²) in [5.41, 5.74) is 2.74. The lowest BCUT2D eigenvalue weighted by molar-refractivity contribution is -0.0142. The van der Waals surface area contributed by atoms with Crippen molar-refractivity contribution in [3.05, 3.63) is 71.8 Å². The van der Waals surface area contributed by atoms with Crippen LogP contribution in [0.25, 0.3) is 0 Å². The van der Waals surface area contributed by atoms with E-state index in [9.17, 15) is 0 Å². The number of hydrogen-bond donors (Lipinski definition) is 0. The number of hydrogen-bond acceptors (Lipinski definition) is 2. The van der Waals surface area contributed by atoms with E-state index in [0.717, 1.165) is 13.0 Å². The number of ether oxygens (including phenoxy) is 1. The van der Waals surface area contributed by atoms with E-state index in [2.05, 4.69) is 72.6 Å². The largest absolute Gasteiger partial charge is 0.380 e. The highest BCUT2D eigenvalue weighted by atomic mass is 16.5. The Morgan fingerprint density at radius 1 is 0.955 bits per heavy atom. The van der Waals surface area contributed by atoms with Gasteiger partial charge in [0.25, 0.3) is 0 Å². The van der Waals surface area contributed by atoms with Gasteiger partial charge in [0.1, 0.15) is 0 Å². The number of piperidine rings is 1. The van der Waals surface area contributed by atoms with Gasteiger partial charge in [-0.15, -0.1) is 0 Å². The molecule has 0 saturated carbocycles. The van der Waals surface area contributed by atoms with Gasteiger partial charge < -0.3 is 4.74 Å². The third-order valence-electron chi connectivity index (χ3n) is 4.85. The Bertz CT molecular complexity index is 529. The van der Waals surface area contributed by atoms with Crippen molar-refractivity contribution < 1.29 is 4.74 Å². The molecule has 2 nitrogen and oxygen atoms in total. The minimum Gasteiger partial charge on any atom is -0.380 e. The zero-order valence-corrected chi connectivity index (χ0v) is 13.5. The Morgan fingerprint density at radius 2 is 1.50 bits per heavy atom. The maximum absolute atomic E-state index is 5.86. The smallest absolute Gasteiger partial charge is 0.0736 e. The van der Waals surface area contributed by atoms with Crippen LogP contribution in [0, 0.1) is 0 Å². The summed E-state index contributed by atoms with van der Waals surface area (Å²) in [5, 5.41) is 0. The number of methoxy groups -OCH3 is 1. The van der Waals surface area contributed by atoms with Crippen LogP contribution in [0.3, 0.4) is 0 Å². The molecule has 0 N–H and O–H groups in total. The number of rotatable bonds is 4. The van der Waals surface area contributed by atoms with Crippen LogP contribution in [0.1, 0.15) is 29.9 Å². The molecular formula is C20H25NO. The Morgan fingerprint density at radius 3 is 2.00 bits per heavy atom. The van der Waals surface area contributed by atoms with Gasteiger partial charge in [-0.2, -0.15) is 0 Å². The highest BCUT2D eigenvalue weighted by Crippen LogP contribution is 2.36. The lowest BCUT2D eigenvalue weighted by atomic mass is 9.79. The molecule has 3 rings (SSSR count). The summed E-state index contributed by atoms with van der Waals surface area (Å²) < 4.78 is 5.86. The summed E-state index contributed by atoms with van der Waals surface area (Å²) >= 11 is 0. The molecular weight excluding hydrogens is 270 g/mol. The molecule has 22 heavy (non-hydrogen) atoms. The topological polar surface area (TPSA) is 12.5 Å². The first kappa shape index (κ1) is 15.3. The van der Waals surface area contributed by atoms with Crippen LogP contribution >= 0.6 is 0 Å². The molecule has 0 unspecified atom stereocenters. The molecule has 0 aromatic heterocycles. The van der Waals surface area contributed by atoms with Gasteiger partial charge in [-0.25, -0.2) is 0 Å². The third kappa shape index (κ3) is 3.08. The maximum atomic E-state index is 5.86. The monoisotopic (exact) mass is 295 g/mol. The number of benzene rings is 2. The van der Waals surface area contributed by atoms with Crippen LogP contribution < -0.4 is 0 Å². The second kappa shape index (κ2) is 7.08. The SMILES string of the molecule is CO[C@H]1CCCN(C)[C@H]1C(c1ccccc1)c1ccccc1. The lowest BCUT2D eigenvalue weighted by Gasteiger charge is -2.43. The minimum atomic E-state index is 0.282. The summed E-state index contributed by atoms with van der Waals surface area (Å²) in [6.45, 7) is 1.14. The van der Waals surface area contributed by atoms with Crippen LogP contribution in [0.5, 0.6) is 0 Å². The van der Waals surface area contributed by atoms with Crippen molar-refractivity contribution in [1.29, 1.82) is 0 Å². The molecule has 2 aromatic rings. The molecule has 1 aliphatic rings. The molecule has 0 spiro atoms. The molecule has 1 aliphatic heterocycles. The van der Waals surface area contributed by atoms with Crippen LogP contribution in [0.4, 0.5) is 0 Å². The van der Waals surface area contributed by atoms with E-state index in [1.54, 1.807) is 0 Å². The fourth-order valence-corrected chi connectivity index (χ4v) is 3.78. The third-order valence-corrected chi connectivity index (χ3v) is 4.85. The summed E-state index contributed by atoms with van der Waals surface area (Å²) in [6.07, 6.45) is 2.63. The van der Waals surface area contributed by atoms with Gasteiger partial charge in [0.05, 0.1) is 6.10 Å². The molecule has 2 aromatic carbocycles. The van der Waals surface area contributed by atoms with Gasteiger partial charge >= 0.3 is 0 Å². The van der Waals surface area contributed by atoms with E-state index in [4.69, 9.17) is 4.74 Å². The van der Waals surface area contributed by atoms with Gasteiger partial charge in [-0.1, -0.05) is 60.7 Å². The fourth-order valence-electron chi connectivity index (χ4n) is 3.78. The van der Waals surface area contributed by atoms with Crippen molar-refractivity contribution in [3.8, 4) is 0 Å².